The fraction of sp³-hybridized carbons (Fsp3) is 0.172. The van der Waals surface area contributed by atoms with Crippen molar-refractivity contribution in [3.05, 3.63) is 98.4 Å². The van der Waals surface area contributed by atoms with Gasteiger partial charge in [-0.25, -0.2) is 0 Å². The Morgan fingerprint density at radius 3 is 2.37 bits per heavy atom. The first kappa shape index (κ1) is 29.0. The number of thioether (sulfide) groups is 1. The number of nitrogens with one attached hydrogen (secondary N) is 1. The minimum Gasteiger partial charge on any atom is -0.493 e. The maximum atomic E-state index is 12.9. The fourth-order valence-electron chi connectivity index (χ4n) is 3.85. The number of nitrogens with zero attached hydrogens (tertiary/aromatic N) is 2. The van der Waals surface area contributed by atoms with Gasteiger partial charge < -0.3 is 14.8 Å². The van der Waals surface area contributed by atoms with Crippen molar-refractivity contribution in [2.75, 3.05) is 25.6 Å². The maximum absolute atomic E-state index is 12.9. The zero-order valence-corrected chi connectivity index (χ0v) is 22.9. The normalized spacial score (nSPS) is 13.8. The van der Waals surface area contributed by atoms with Gasteiger partial charge in [0.25, 0.3) is 22.7 Å². The van der Waals surface area contributed by atoms with Gasteiger partial charge in [0.15, 0.2) is 23.9 Å². The summed E-state index contributed by atoms with van der Waals surface area (Å²) in [4.78, 5) is 61.5. The zero-order chi connectivity index (χ0) is 29.5. The Hall–Kier alpha value is -4.97. The monoisotopic (exact) mass is 575 g/mol. The predicted octanol–water partition coefficient (Wildman–Crippen LogP) is 5.10. The second kappa shape index (κ2) is 12.9. The highest BCUT2D eigenvalue weighted by Gasteiger charge is 2.36. The Kier molecular flexibility index (Phi) is 9.15. The number of hydrogen-bond acceptors (Lipinski definition) is 9. The molecule has 0 unspecified atom stereocenters. The summed E-state index contributed by atoms with van der Waals surface area (Å²) in [6, 6.07) is 17.2. The van der Waals surface area contributed by atoms with Crippen molar-refractivity contribution in [1.29, 1.82) is 0 Å². The Morgan fingerprint density at radius 1 is 1.02 bits per heavy atom. The summed E-state index contributed by atoms with van der Waals surface area (Å²) in [5.41, 5.74) is 2.30. The number of aryl methyl sites for hydroxylation is 1. The van der Waals surface area contributed by atoms with Gasteiger partial charge in [-0.3, -0.25) is 34.2 Å². The van der Waals surface area contributed by atoms with Crippen LogP contribution in [-0.4, -0.2) is 52.9 Å². The molecular weight excluding hydrogens is 550 g/mol. The van der Waals surface area contributed by atoms with Crippen molar-refractivity contribution in [1.82, 2.24) is 4.90 Å². The van der Waals surface area contributed by atoms with E-state index in [-0.39, 0.29) is 28.7 Å². The Labute approximate surface area is 239 Å². The SMILES string of the molecule is CCc1ccc(NC(=O)COc2ccc(/C=C3\SC(=O)N(CC(=O)c4ccc([N+](=O)[O-])cc4)C3=O)cc2OC)cc1. The third-order valence-corrected chi connectivity index (χ3v) is 6.97. The largest absolute Gasteiger partial charge is 0.493 e. The van der Waals surface area contributed by atoms with E-state index in [4.69, 9.17) is 9.47 Å². The number of methoxy groups -OCH3 is 1. The topological polar surface area (TPSA) is 145 Å². The quantitative estimate of drug-likeness (QED) is 0.143. The third-order valence-electron chi connectivity index (χ3n) is 6.07. The molecule has 0 bridgehead atoms. The molecule has 0 saturated carbocycles. The second-order valence-electron chi connectivity index (χ2n) is 8.79. The number of nitro groups is 1. The van der Waals surface area contributed by atoms with Gasteiger partial charge in [0.2, 0.25) is 0 Å². The minimum atomic E-state index is -0.641. The van der Waals surface area contributed by atoms with E-state index < -0.39 is 28.4 Å². The average molecular weight is 576 g/mol. The molecule has 3 aromatic carbocycles. The molecule has 0 spiro atoms. The maximum Gasteiger partial charge on any atom is 0.293 e. The third kappa shape index (κ3) is 7.17. The first-order chi connectivity index (χ1) is 19.7. The number of benzene rings is 3. The molecule has 210 valence electrons. The van der Waals surface area contributed by atoms with Gasteiger partial charge in [0.05, 0.1) is 23.5 Å². The molecule has 1 aliphatic heterocycles. The van der Waals surface area contributed by atoms with Crippen molar-refractivity contribution >= 4 is 52.0 Å². The van der Waals surface area contributed by atoms with Gasteiger partial charge >= 0.3 is 0 Å². The molecular formula is C29H25N3O8S. The average Bonchev–Trinajstić information content (AvgIpc) is 3.23. The van der Waals surface area contributed by atoms with Crippen LogP contribution in [0.5, 0.6) is 11.5 Å². The highest BCUT2D eigenvalue weighted by atomic mass is 32.2. The molecule has 0 aromatic heterocycles. The van der Waals surface area contributed by atoms with Crippen LogP contribution in [0.2, 0.25) is 0 Å². The molecule has 1 heterocycles. The van der Waals surface area contributed by atoms with Gasteiger partial charge in [-0.05, 0) is 71.8 Å². The van der Waals surface area contributed by atoms with E-state index in [1.807, 2.05) is 31.2 Å². The molecule has 0 aliphatic carbocycles. The van der Waals surface area contributed by atoms with E-state index in [1.54, 1.807) is 18.2 Å². The van der Waals surface area contributed by atoms with Crippen LogP contribution in [0.1, 0.15) is 28.4 Å². The number of ketones is 1. The van der Waals surface area contributed by atoms with Gasteiger partial charge in [-0.1, -0.05) is 25.1 Å². The summed E-state index contributed by atoms with van der Waals surface area (Å²) in [6.45, 7) is 1.29. The lowest BCUT2D eigenvalue weighted by molar-refractivity contribution is -0.384. The van der Waals surface area contributed by atoms with Crippen LogP contribution >= 0.6 is 11.8 Å². The van der Waals surface area contributed by atoms with Crippen LogP contribution in [0.3, 0.4) is 0 Å². The molecule has 1 saturated heterocycles. The first-order valence-electron chi connectivity index (χ1n) is 12.4. The number of Topliss-reactive ketones (excluding diaryl/α,β-unsaturated/α-hetero) is 1. The molecule has 41 heavy (non-hydrogen) atoms. The summed E-state index contributed by atoms with van der Waals surface area (Å²) in [5.74, 6) is -0.904. The standard InChI is InChI=1S/C29H25N3O8S/c1-3-18-4-9-21(10-5-18)30-27(34)17-40-24-13-6-19(14-25(24)39-2)15-26-28(35)31(29(36)41-26)16-23(33)20-7-11-22(12-8-20)32(37)38/h4-15H,3,16-17H2,1-2H3,(H,30,34)/b26-15-. The first-order valence-corrected chi connectivity index (χ1v) is 13.2. The van der Waals surface area contributed by atoms with E-state index in [2.05, 4.69) is 5.32 Å². The highest BCUT2D eigenvalue weighted by Crippen LogP contribution is 2.34. The number of rotatable bonds is 11. The smallest absolute Gasteiger partial charge is 0.293 e. The molecule has 11 nitrogen and oxygen atoms in total. The molecule has 3 aromatic rings. The second-order valence-corrected chi connectivity index (χ2v) is 9.79. The molecule has 1 fully saturated rings. The number of anilines is 1. The molecule has 1 aliphatic rings. The van der Waals surface area contributed by atoms with E-state index in [0.717, 1.165) is 16.9 Å². The molecule has 1 N–H and O–H groups in total. The molecule has 0 atom stereocenters. The summed E-state index contributed by atoms with van der Waals surface area (Å²) >= 11 is 0.687. The molecule has 4 rings (SSSR count). The molecule has 12 heteroatoms. The van der Waals surface area contributed by atoms with E-state index in [0.29, 0.717) is 34.5 Å². The number of imide groups is 1. The number of amides is 3. The van der Waals surface area contributed by atoms with Gasteiger partial charge in [0.1, 0.15) is 0 Å². The number of carbonyl (C=O) groups excluding carboxylic acids is 4. The minimum absolute atomic E-state index is 0.107. The number of carbonyl (C=O) groups is 4. The number of hydrogen-bond donors (Lipinski definition) is 1. The summed E-state index contributed by atoms with van der Waals surface area (Å²) in [6.07, 6.45) is 2.38. The number of nitro benzene ring substituents is 1. The van der Waals surface area contributed by atoms with Crippen molar-refractivity contribution in [2.24, 2.45) is 0 Å². The van der Waals surface area contributed by atoms with Crippen molar-refractivity contribution in [3.8, 4) is 11.5 Å². The van der Waals surface area contributed by atoms with E-state index in [1.165, 1.54) is 37.5 Å². The van der Waals surface area contributed by atoms with E-state index in [9.17, 15) is 29.3 Å². The summed E-state index contributed by atoms with van der Waals surface area (Å²) < 4.78 is 11.0. The van der Waals surface area contributed by atoms with Crippen molar-refractivity contribution < 1.29 is 33.6 Å². The Balaban J connectivity index is 1.39. The van der Waals surface area contributed by atoms with Gasteiger partial charge in [-0.15, -0.1) is 0 Å². The summed E-state index contributed by atoms with van der Waals surface area (Å²) in [7, 11) is 1.43. The van der Waals surface area contributed by atoms with E-state index >= 15 is 0 Å². The van der Waals surface area contributed by atoms with Crippen molar-refractivity contribution in [3.63, 3.8) is 0 Å². The lowest BCUT2D eigenvalue weighted by Crippen LogP contribution is -2.33. The van der Waals surface area contributed by atoms with Gasteiger partial charge in [-0.2, -0.15) is 0 Å². The lowest BCUT2D eigenvalue weighted by atomic mass is 10.1. The molecule has 3 amide bonds. The van der Waals surface area contributed by atoms with Gasteiger partial charge in [0, 0.05) is 23.4 Å². The lowest BCUT2D eigenvalue weighted by Gasteiger charge is -2.12. The van der Waals surface area contributed by atoms with Crippen LogP contribution in [-0.2, 0) is 16.0 Å². The zero-order valence-electron chi connectivity index (χ0n) is 22.1. The highest BCUT2D eigenvalue weighted by molar-refractivity contribution is 8.18. The number of non-ortho nitro benzene ring substituents is 1. The van der Waals surface area contributed by atoms with Crippen LogP contribution in [0.25, 0.3) is 6.08 Å². The van der Waals surface area contributed by atoms with Crippen LogP contribution in [0.4, 0.5) is 16.2 Å². The molecule has 0 radical (unpaired) electrons. The number of ether oxygens (including phenoxy) is 2. The fourth-order valence-corrected chi connectivity index (χ4v) is 4.69. The predicted molar refractivity (Wildman–Crippen MR) is 153 cm³/mol. The Morgan fingerprint density at radius 2 is 1.73 bits per heavy atom. The Bertz CT molecular complexity index is 1530. The van der Waals surface area contributed by atoms with Crippen LogP contribution in [0, 0.1) is 10.1 Å². The van der Waals surface area contributed by atoms with Crippen molar-refractivity contribution in [2.45, 2.75) is 13.3 Å². The summed E-state index contributed by atoms with van der Waals surface area (Å²) in [5, 5.41) is 13.0. The van der Waals surface area contributed by atoms with Crippen LogP contribution in [0.15, 0.2) is 71.6 Å². The van der Waals surface area contributed by atoms with Crippen LogP contribution < -0.4 is 14.8 Å².